The fourth-order valence-corrected chi connectivity index (χ4v) is 2.21. The number of unbranched alkanes of at least 4 members (excludes halogenated alkanes) is 1. The van der Waals surface area contributed by atoms with Gasteiger partial charge in [-0.1, -0.05) is 55.8 Å². The Bertz CT molecular complexity index is 676. The summed E-state index contributed by atoms with van der Waals surface area (Å²) in [5.74, 6) is -0.638. The highest BCUT2D eigenvalue weighted by Gasteiger charge is 2.19. The SMILES string of the molecule is CCCCOC(=C(C(=O)O)c1ccc(N)cc1)c1ccccc1. The van der Waals surface area contributed by atoms with E-state index in [1.807, 2.05) is 30.3 Å². The third-order valence-corrected chi connectivity index (χ3v) is 3.42. The van der Waals surface area contributed by atoms with Crippen molar-refractivity contribution < 1.29 is 14.6 Å². The fraction of sp³-hybridized carbons (Fsp3) is 0.211. The summed E-state index contributed by atoms with van der Waals surface area (Å²) < 4.78 is 5.84. The number of carbonyl (C=O) groups is 1. The molecular formula is C19H21NO3. The first-order chi connectivity index (χ1) is 11.1. The number of carboxylic acid groups (broad SMARTS) is 1. The van der Waals surface area contributed by atoms with Gasteiger partial charge in [-0.2, -0.15) is 0 Å². The Labute approximate surface area is 136 Å². The lowest BCUT2D eigenvalue weighted by molar-refractivity contribution is -0.130. The van der Waals surface area contributed by atoms with E-state index in [9.17, 15) is 9.90 Å². The summed E-state index contributed by atoms with van der Waals surface area (Å²) in [4.78, 5) is 11.9. The molecule has 0 amide bonds. The van der Waals surface area contributed by atoms with Gasteiger partial charge in [0.1, 0.15) is 11.3 Å². The average molecular weight is 311 g/mol. The molecule has 0 atom stereocenters. The van der Waals surface area contributed by atoms with E-state index < -0.39 is 5.97 Å². The fourth-order valence-electron chi connectivity index (χ4n) is 2.21. The Hall–Kier alpha value is -2.75. The van der Waals surface area contributed by atoms with E-state index in [4.69, 9.17) is 10.5 Å². The molecule has 0 spiro atoms. The zero-order valence-electron chi connectivity index (χ0n) is 13.2. The van der Waals surface area contributed by atoms with Gasteiger partial charge in [0.15, 0.2) is 0 Å². The summed E-state index contributed by atoms with van der Waals surface area (Å²) in [7, 11) is 0. The second-order valence-corrected chi connectivity index (χ2v) is 5.20. The number of aliphatic carboxylic acids is 1. The van der Waals surface area contributed by atoms with Gasteiger partial charge in [-0.25, -0.2) is 4.79 Å². The van der Waals surface area contributed by atoms with E-state index in [0.717, 1.165) is 18.4 Å². The van der Waals surface area contributed by atoms with Crippen molar-refractivity contribution in [1.82, 2.24) is 0 Å². The van der Waals surface area contributed by atoms with Crippen LogP contribution in [-0.2, 0) is 9.53 Å². The van der Waals surface area contributed by atoms with Crippen molar-refractivity contribution in [3.63, 3.8) is 0 Å². The predicted octanol–water partition coefficient (Wildman–Crippen LogP) is 4.04. The molecule has 4 nitrogen and oxygen atoms in total. The van der Waals surface area contributed by atoms with Gasteiger partial charge in [-0.05, 0) is 24.1 Å². The highest BCUT2D eigenvalue weighted by Crippen LogP contribution is 2.28. The molecule has 0 aliphatic rings. The molecule has 0 aliphatic carbocycles. The maximum atomic E-state index is 11.9. The molecule has 2 aromatic rings. The van der Waals surface area contributed by atoms with Gasteiger partial charge in [0.05, 0.1) is 6.61 Å². The molecule has 3 N–H and O–H groups in total. The summed E-state index contributed by atoms with van der Waals surface area (Å²) in [6.45, 7) is 2.54. The molecule has 4 heteroatoms. The Morgan fingerprint density at radius 3 is 2.26 bits per heavy atom. The van der Waals surface area contributed by atoms with E-state index in [2.05, 4.69) is 6.92 Å². The van der Waals surface area contributed by atoms with E-state index in [1.54, 1.807) is 24.3 Å². The Kier molecular flexibility index (Phi) is 5.80. The molecular weight excluding hydrogens is 290 g/mol. The normalized spacial score (nSPS) is 11.7. The minimum Gasteiger partial charge on any atom is -0.492 e. The van der Waals surface area contributed by atoms with Crippen molar-refractivity contribution in [2.75, 3.05) is 12.3 Å². The van der Waals surface area contributed by atoms with Crippen molar-refractivity contribution in [3.8, 4) is 0 Å². The molecule has 0 saturated heterocycles. The van der Waals surface area contributed by atoms with Gasteiger partial charge in [-0.15, -0.1) is 0 Å². The lowest BCUT2D eigenvalue weighted by Gasteiger charge is -2.15. The summed E-state index contributed by atoms with van der Waals surface area (Å²) >= 11 is 0. The molecule has 0 fully saturated rings. The van der Waals surface area contributed by atoms with Crippen LogP contribution in [0.15, 0.2) is 54.6 Å². The van der Waals surface area contributed by atoms with Gasteiger partial charge in [0.25, 0.3) is 0 Å². The van der Waals surface area contributed by atoms with E-state index >= 15 is 0 Å². The summed E-state index contributed by atoms with van der Waals surface area (Å²) in [6, 6.07) is 16.1. The molecule has 23 heavy (non-hydrogen) atoms. The number of anilines is 1. The standard InChI is InChI=1S/C19H21NO3/c1-2-3-13-23-18(15-7-5-4-6-8-15)17(19(21)22)14-9-11-16(20)12-10-14/h4-12H,2-3,13,20H2,1H3,(H,21,22). The van der Waals surface area contributed by atoms with Gasteiger partial charge in [0, 0.05) is 11.3 Å². The van der Waals surface area contributed by atoms with Crippen LogP contribution < -0.4 is 5.73 Å². The number of rotatable bonds is 7. The molecule has 0 aromatic heterocycles. The van der Waals surface area contributed by atoms with Crippen LogP contribution in [0.3, 0.4) is 0 Å². The molecule has 2 rings (SSSR count). The minimum atomic E-state index is -1.02. The zero-order valence-corrected chi connectivity index (χ0v) is 13.2. The van der Waals surface area contributed by atoms with Gasteiger partial charge in [-0.3, -0.25) is 0 Å². The number of hydrogen-bond donors (Lipinski definition) is 2. The third-order valence-electron chi connectivity index (χ3n) is 3.42. The second-order valence-electron chi connectivity index (χ2n) is 5.20. The molecule has 0 saturated carbocycles. The van der Waals surface area contributed by atoms with Gasteiger partial charge >= 0.3 is 5.97 Å². The second kappa shape index (κ2) is 8.03. The molecule has 0 unspecified atom stereocenters. The quantitative estimate of drug-likeness (QED) is 0.266. The van der Waals surface area contributed by atoms with Crippen LogP contribution in [0, 0.1) is 0 Å². The van der Waals surface area contributed by atoms with Crippen molar-refractivity contribution in [2.24, 2.45) is 0 Å². The summed E-state index contributed by atoms with van der Waals surface area (Å²) in [5, 5.41) is 9.72. The van der Waals surface area contributed by atoms with Crippen LogP contribution in [0.1, 0.15) is 30.9 Å². The maximum absolute atomic E-state index is 11.9. The third kappa shape index (κ3) is 4.36. The van der Waals surface area contributed by atoms with Gasteiger partial charge in [0.2, 0.25) is 0 Å². The van der Waals surface area contributed by atoms with Crippen molar-refractivity contribution >= 4 is 23.0 Å². The lowest BCUT2D eigenvalue weighted by atomic mass is 10.0. The largest absolute Gasteiger partial charge is 0.492 e. The maximum Gasteiger partial charge on any atom is 0.340 e. The number of ether oxygens (including phenoxy) is 1. The van der Waals surface area contributed by atoms with E-state index in [0.29, 0.717) is 23.6 Å². The van der Waals surface area contributed by atoms with Crippen molar-refractivity contribution in [3.05, 3.63) is 65.7 Å². The number of nitrogens with two attached hydrogens (primary N) is 1. The first kappa shape index (κ1) is 16.6. The van der Waals surface area contributed by atoms with Crippen LogP contribution in [0.4, 0.5) is 5.69 Å². The van der Waals surface area contributed by atoms with E-state index in [1.165, 1.54) is 0 Å². The lowest BCUT2D eigenvalue weighted by Crippen LogP contribution is -2.07. The van der Waals surface area contributed by atoms with Crippen LogP contribution in [0.5, 0.6) is 0 Å². The summed E-state index contributed by atoms with van der Waals surface area (Å²) in [5.41, 5.74) is 7.75. The van der Waals surface area contributed by atoms with Crippen molar-refractivity contribution in [1.29, 1.82) is 0 Å². The monoisotopic (exact) mass is 311 g/mol. The predicted molar refractivity (Wildman–Crippen MR) is 92.6 cm³/mol. The first-order valence-corrected chi connectivity index (χ1v) is 7.65. The topological polar surface area (TPSA) is 72.5 Å². The molecule has 0 heterocycles. The minimum absolute atomic E-state index is 0.146. The number of benzene rings is 2. The number of hydrogen-bond acceptors (Lipinski definition) is 3. The van der Waals surface area contributed by atoms with E-state index in [-0.39, 0.29) is 5.57 Å². The first-order valence-electron chi connectivity index (χ1n) is 7.65. The van der Waals surface area contributed by atoms with Crippen LogP contribution in [-0.4, -0.2) is 17.7 Å². The highest BCUT2D eigenvalue weighted by atomic mass is 16.5. The Balaban J connectivity index is 2.54. The molecule has 0 aliphatic heterocycles. The van der Waals surface area contributed by atoms with Crippen LogP contribution >= 0.6 is 0 Å². The van der Waals surface area contributed by atoms with Crippen LogP contribution in [0.25, 0.3) is 11.3 Å². The van der Waals surface area contributed by atoms with Crippen LogP contribution in [0.2, 0.25) is 0 Å². The number of carboxylic acids is 1. The molecule has 0 bridgehead atoms. The highest BCUT2D eigenvalue weighted by molar-refractivity contribution is 6.22. The molecule has 120 valence electrons. The smallest absolute Gasteiger partial charge is 0.340 e. The average Bonchev–Trinajstić information content (AvgIpc) is 2.56. The Morgan fingerprint density at radius 2 is 1.70 bits per heavy atom. The zero-order chi connectivity index (χ0) is 16.7. The Morgan fingerprint density at radius 1 is 1.04 bits per heavy atom. The molecule has 0 radical (unpaired) electrons. The summed E-state index contributed by atoms with van der Waals surface area (Å²) in [6.07, 6.45) is 1.84. The molecule has 2 aromatic carbocycles. The van der Waals surface area contributed by atoms with Gasteiger partial charge < -0.3 is 15.6 Å². The number of nitrogen functional groups attached to an aromatic ring is 1. The van der Waals surface area contributed by atoms with Crippen molar-refractivity contribution in [2.45, 2.75) is 19.8 Å².